The van der Waals surface area contributed by atoms with E-state index in [1.165, 1.54) is 11.8 Å². The van der Waals surface area contributed by atoms with Gasteiger partial charge in [-0.3, -0.25) is 0 Å². The molecule has 0 amide bonds. The molecule has 0 aliphatic rings. The van der Waals surface area contributed by atoms with Crippen LogP contribution in [0.4, 0.5) is 0 Å². The summed E-state index contributed by atoms with van der Waals surface area (Å²) in [5, 5.41) is 9.42. The molecule has 2 N–H and O–H groups in total. The fourth-order valence-corrected chi connectivity index (χ4v) is 2.81. The van der Waals surface area contributed by atoms with E-state index in [9.17, 15) is 9.59 Å². The Morgan fingerprint density at radius 3 is 2.56 bits per heavy atom. The second kappa shape index (κ2) is 5.56. The van der Waals surface area contributed by atoms with Crippen molar-refractivity contribution in [3.05, 3.63) is 21.7 Å². The van der Waals surface area contributed by atoms with Crippen LogP contribution in [0, 0.1) is 12.3 Å². The molecule has 0 saturated heterocycles. The van der Waals surface area contributed by atoms with E-state index in [1.54, 1.807) is 6.92 Å². The fourth-order valence-electron chi connectivity index (χ4n) is 1.37. The van der Waals surface area contributed by atoms with Gasteiger partial charge >= 0.3 is 11.7 Å². The molecule has 6 heteroatoms. The Balaban J connectivity index is 2.94. The number of nitrogens with zero attached hydrogens (tertiary/aromatic N) is 1. The topological polar surface area (TPSA) is 83.0 Å². The van der Waals surface area contributed by atoms with Crippen molar-refractivity contribution >= 4 is 17.7 Å². The molecule has 0 saturated carbocycles. The number of carboxylic acids is 1. The summed E-state index contributed by atoms with van der Waals surface area (Å²) >= 11 is 1.32. The maximum absolute atomic E-state index is 11.3. The van der Waals surface area contributed by atoms with Gasteiger partial charge in [0.15, 0.2) is 0 Å². The van der Waals surface area contributed by atoms with E-state index in [1.807, 2.05) is 0 Å². The van der Waals surface area contributed by atoms with Crippen molar-refractivity contribution in [1.82, 2.24) is 9.97 Å². The Morgan fingerprint density at radius 2 is 2.06 bits per heavy atom. The molecule has 0 spiro atoms. The molecule has 5 nitrogen and oxygen atoms in total. The molecule has 0 bridgehead atoms. The summed E-state index contributed by atoms with van der Waals surface area (Å²) in [4.78, 5) is 28.6. The number of aromatic nitrogens is 2. The maximum Gasteiger partial charge on any atom is 0.346 e. The molecule has 1 aromatic heterocycles. The van der Waals surface area contributed by atoms with Crippen LogP contribution in [0.15, 0.2) is 9.82 Å². The second-order valence-corrected chi connectivity index (χ2v) is 6.40. The van der Waals surface area contributed by atoms with Crippen LogP contribution in [0.1, 0.15) is 43.2 Å². The van der Waals surface area contributed by atoms with Crippen LogP contribution in [-0.2, 0) is 0 Å². The average molecular weight is 270 g/mol. The quantitative estimate of drug-likeness (QED) is 0.648. The van der Waals surface area contributed by atoms with E-state index in [-0.39, 0.29) is 11.0 Å². The smallest absolute Gasteiger partial charge is 0.346 e. The summed E-state index contributed by atoms with van der Waals surface area (Å²) in [6, 6.07) is 0. The monoisotopic (exact) mass is 270 g/mol. The Labute approximate surface area is 110 Å². The average Bonchev–Trinajstić information content (AvgIpc) is 2.13. The normalized spacial score (nSPS) is 11.6. The summed E-state index contributed by atoms with van der Waals surface area (Å²) in [5.41, 5.74) is 0.108. The lowest BCUT2D eigenvalue weighted by Gasteiger charge is -2.17. The van der Waals surface area contributed by atoms with Crippen LogP contribution in [-0.4, -0.2) is 26.8 Å². The van der Waals surface area contributed by atoms with Crippen LogP contribution in [0.2, 0.25) is 0 Å². The Morgan fingerprint density at radius 1 is 1.44 bits per heavy atom. The molecule has 1 heterocycles. The standard InChI is InChI=1S/C12H18N2O3S/c1-7-8(10(15)16)9(14-11(17)13-7)18-6-5-12(2,3)4/h5-6H2,1-4H3,(H,15,16)(H,13,14,17). The molecule has 1 rings (SSSR count). The van der Waals surface area contributed by atoms with Crippen molar-refractivity contribution in [2.75, 3.05) is 5.75 Å². The number of thioether (sulfide) groups is 1. The molecule has 0 aliphatic carbocycles. The molecule has 1 aromatic rings. The van der Waals surface area contributed by atoms with Crippen molar-refractivity contribution in [3.63, 3.8) is 0 Å². The second-order valence-electron chi connectivity index (χ2n) is 5.31. The molecule has 100 valence electrons. The molecule has 0 aromatic carbocycles. The number of nitrogens with one attached hydrogen (secondary N) is 1. The van der Waals surface area contributed by atoms with Crippen LogP contribution in [0.25, 0.3) is 0 Å². The summed E-state index contributed by atoms with van der Waals surface area (Å²) in [7, 11) is 0. The number of carboxylic acid groups (broad SMARTS) is 1. The third-order valence-corrected chi connectivity index (χ3v) is 3.37. The largest absolute Gasteiger partial charge is 0.478 e. The van der Waals surface area contributed by atoms with Gasteiger partial charge in [0.25, 0.3) is 0 Å². The molecule has 18 heavy (non-hydrogen) atoms. The number of H-pyrrole nitrogens is 1. The lowest BCUT2D eigenvalue weighted by molar-refractivity contribution is 0.0690. The predicted octanol–water partition coefficient (Wildman–Crippen LogP) is 2.30. The first-order valence-corrected chi connectivity index (χ1v) is 6.66. The Bertz CT molecular complexity index is 503. The SMILES string of the molecule is Cc1[nH]c(=O)nc(SCCC(C)(C)C)c1C(=O)O. The first kappa shape index (κ1) is 14.8. The number of aromatic carboxylic acids is 1. The third kappa shape index (κ3) is 4.18. The molecular weight excluding hydrogens is 252 g/mol. The van der Waals surface area contributed by atoms with Crippen molar-refractivity contribution in [2.24, 2.45) is 5.41 Å². The predicted molar refractivity (Wildman–Crippen MR) is 71.4 cm³/mol. The van der Waals surface area contributed by atoms with Gasteiger partial charge in [-0.05, 0) is 18.8 Å². The highest BCUT2D eigenvalue weighted by Gasteiger charge is 2.18. The van der Waals surface area contributed by atoms with Crippen molar-refractivity contribution in [2.45, 2.75) is 39.1 Å². The Hall–Kier alpha value is -1.30. The van der Waals surface area contributed by atoms with E-state index >= 15 is 0 Å². The number of carbonyl (C=O) groups is 1. The van der Waals surface area contributed by atoms with E-state index in [4.69, 9.17) is 5.11 Å². The maximum atomic E-state index is 11.3. The lowest BCUT2D eigenvalue weighted by Crippen LogP contribution is -2.18. The zero-order chi connectivity index (χ0) is 13.9. The lowest BCUT2D eigenvalue weighted by atomic mass is 9.94. The number of hydrogen-bond acceptors (Lipinski definition) is 4. The van der Waals surface area contributed by atoms with Crippen molar-refractivity contribution in [3.8, 4) is 0 Å². The summed E-state index contributed by atoms with van der Waals surface area (Å²) in [5.74, 6) is -0.325. The van der Waals surface area contributed by atoms with E-state index in [0.717, 1.165) is 12.2 Å². The van der Waals surface area contributed by atoms with Gasteiger partial charge in [0.1, 0.15) is 10.6 Å². The highest BCUT2D eigenvalue weighted by Crippen LogP contribution is 2.26. The highest BCUT2D eigenvalue weighted by atomic mass is 32.2. The number of rotatable bonds is 4. The van der Waals surface area contributed by atoms with Crippen LogP contribution in [0.3, 0.4) is 0 Å². The molecule has 0 aliphatic heterocycles. The number of aryl methyl sites for hydroxylation is 1. The van der Waals surface area contributed by atoms with Gasteiger partial charge in [-0.15, -0.1) is 11.8 Å². The van der Waals surface area contributed by atoms with Crippen LogP contribution in [0.5, 0.6) is 0 Å². The zero-order valence-corrected chi connectivity index (χ0v) is 11.8. The van der Waals surface area contributed by atoms with Crippen molar-refractivity contribution < 1.29 is 9.90 Å². The minimum atomic E-state index is -1.06. The molecule has 0 radical (unpaired) electrons. The van der Waals surface area contributed by atoms with Gasteiger partial charge in [-0.2, -0.15) is 4.98 Å². The minimum absolute atomic E-state index is 0.0912. The van der Waals surface area contributed by atoms with Gasteiger partial charge in [-0.25, -0.2) is 9.59 Å². The molecule has 0 atom stereocenters. The number of hydrogen-bond donors (Lipinski definition) is 2. The van der Waals surface area contributed by atoms with Gasteiger partial charge < -0.3 is 10.1 Å². The van der Waals surface area contributed by atoms with Gasteiger partial charge in [-0.1, -0.05) is 20.8 Å². The molecule has 0 fully saturated rings. The van der Waals surface area contributed by atoms with E-state index in [2.05, 4.69) is 30.7 Å². The first-order valence-electron chi connectivity index (χ1n) is 5.68. The highest BCUT2D eigenvalue weighted by molar-refractivity contribution is 7.99. The molecular formula is C12H18N2O3S. The van der Waals surface area contributed by atoms with Crippen molar-refractivity contribution in [1.29, 1.82) is 0 Å². The van der Waals surface area contributed by atoms with Gasteiger partial charge in [0, 0.05) is 11.4 Å². The van der Waals surface area contributed by atoms with Gasteiger partial charge in [0.2, 0.25) is 0 Å². The fraction of sp³-hybridized carbons (Fsp3) is 0.583. The summed E-state index contributed by atoms with van der Waals surface area (Å²) in [6.07, 6.45) is 0.921. The van der Waals surface area contributed by atoms with E-state index in [0.29, 0.717) is 10.7 Å². The van der Waals surface area contributed by atoms with E-state index < -0.39 is 11.7 Å². The zero-order valence-electron chi connectivity index (χ0n) is 11.0. The summed E-state index contributed by atoms with van der Waals surface area (Å²) < 4.78 is 0. The number of aromatic amines is 1. The Kier molecular flexibility index (Phi) is 4.56. The van der Waals surface area contributed by atoms with Crippen LogP contribution < -0.4 is 5.69 Å². The summed E-state index contributed by atoms with van der Waals surface area (Å²) in [6.45, 7) is 7.91. The molecule has 0 unspecified atom stereocenters. The third-order valence-electron chi connectivity index (χ3n) is 2.39. The first-order chi connectivity index (χ1) is 8.20. The van der Waals surface area contributed by atoms with Gasteiger partial charge in [0.05, 0.1) is 0 Å². The minimum Gasteiger partial charge on any atom is -0.478 e. The van der Waals surface area contributed by atoms with Crippen LogP contribution >= 0.6 is 11.8 Å².